The lowest BCUT2D eigenvalue weighted by Gasteiger charge is -2.38. The van der Waals surface area contributed by atoms with Crippen molar-refractivity contribution in [3.63, 3.8) is 0 Å². The molecule has 6 rings (SSSR count). The molecule has 3 heterocycles. The largest absolute Gasteiger partial charge is 0.355 e. The summed E-state index contributed by atoms with van der Waals surface area (Å²) in [4.78, 5) is 25.0. The van der Waals surface area contributed by atoms with Crippen LogP contribution in [0.4, 0.5) is 22.7 Å². The standard InChI is InChI=1S/C24H20N4O3.ClH/c29-24-22-19-12-17(28(30)31)8-9-21(19)27(24)23(22)14-4-6-16(7-5-14)26-20-3-1-2-15-13-25-11-10-18(15)20;/h1-9,12,22-23,25-26H,10-11,13H2;1H. The molecule has 0 saturated carbocycles. The minimum atomic E-state index is -0.413. The minimum absolute atomic E-state index is 0. The molecule has 0 spiro atoms. The highest BCUT2D eigenvalue weighted by molar-refractivity contribution is 6.13. The molecule has 2 atom stereocenters. The molecule has 1 saturated heterocycles. The van der Waals surface area contributed by atoms with Crippen molar-refractivity contribution in [1.82, 2.24) is 5.32 Å². The first kappa shape index (κ1) is 20.5. The Balaban J connectivity index is 0.00000216. The van der Waals surface area contributed by atoms with Gasteiger partial charge in [0.1, 0.15) is 0 Å². The van der Waals surface area contributed by atoms with Gasteiger partial charge in [0, 0.05) is 35.7 Å². The van der Waals surface area contributed by atoms with Gasteiger partial charge in [0.15, 0.2) is 0 Å². The Labute approximate surface area is 191 Å². The molecule has 0 aliphatic carbocycles. The maximum absolute atomic E-state index is 12.5. The third-order valence-corrected chi connectivity index (χ3v) is 6.59. The second-order valence-electron chi connectivity index (χ2n) is 8.25. The van der Waals surface area contributed by atoms with Crippen LogP contribution in [0.5, 0.6) is 0 Å². The van der Waals surface area contributed by atoms with E-state index in [1.807, 2.05) is 24.3 Å². The van der Waals surface area contributed by atoms with Crippen LogP contribution in [0.15, 0.2) is 60.7 Å². The summed E-state index contributed by atoms with van der Waals surface area (Å²) in [7, 11) is 0. The number of amides is 1. The SMILES string of the molecule is Cl.O=C1C2c3cc([N+](=O)[O-])ccc3N1C2c1ccc(Nc2cccc3c2CCNC3)cc1. The van der Waals surface area contributed by atoms with Crippen LogP contribution in [0.1, 0.15) is 34.2 Å². The summed E-state index contributed by atoms with van der Waals surface area (Å²) < 4.78 is 0. The van der Waals surface area contributed by atoms with E-state index in [9.17, 15) is 14.9 Å². The predicted octanol–water partition coefficient (Wildman–Crippen LogP) is 4.59. The summed E-state index contributed by atoms with van der Waals surface area (Å²) in [6.45, 7) is 1.88. The van der Waals surface area contributed by atoms with Crippen molar-refractivity contribution in [2.75, 3.05) is 16.8 Å². The van der Waals surface area contributed by atoms with Gasteiger partial charge < -0.3 is 15.5 Å². The van der Waals surface area contributed by atoms with Crippen LogP contribution in [0.25, 0.3) is 0 Å². The topological polar surface area (TPSA) is 87.5 Å². The van der Waals surface area contributed by atoms with Gasteiger partial charge in [-0.05, 0) is 59.5 Å². The number of nitro benzene ring substituents is 1. The number of nitrogens with zero attached hydrogens (tertiary/aromatic N) is 2. The lowest BCUT2D eigenvalue weighted by Crippen LogP contribution is -2.47. The summed E-state index contributed by atoms with van der Waals surface area (Å²) in [6.07, 6.45) is 1.00. The van der Waals surface area contributed by atoms with Gasteiger partial charge in [-0.25, -0.2) is 0 Å². The van der Waals surface area contributed by atoms with E-state index < -0.39 is 4.92 Å². The Bertz CT molecular complexity index is 1240. The van der Waals surface area contributed by atoms with Gasteiger partial charge >= 0.3 is 0 Å². The van der Waals surface area contributed by atoms with Crippen molar-refractivity contribution in [3.05, 3.63) is 93.0 Å². The minimum Gasteiger partial charge on any atom is -0.355 e. The van der Waals surface area contributed by atoms with E-state index in [2.05, 4.69) is 28.8 Å². The first-order chi connectivity index (χ1) is 15.1. The number of β-lactam (4-membered cyclic amide) rings is 1. The molecule has 2 N–H and O–H groups in total. The van der Waals surface area contributed by atoms with E-state index in [-0.39, 0.29) is 36.0 Å². The Morgan fingerprint density at radius 2 is 1.91 bits per heavy atom. The number of carbonyl (C=O) groups excluding carboxylic acids is 1. The molecular weight excluding hydrogens is 428 g/mol. The molecule has 7 nitrogen and oxygen atoms in total. The summed E-state index contributed by atoms with van der Waals surface area (Å²) in [5.41, 5.74) is 7.43. The number of benzene rings is 3. The number of hydrogen-bond donors (Lipinski definition) is 2. The molecule has 0 radical (unpaired) electrons. The number of fused-ring (bicyclic) bond motifs is 6. The molecule has 2 unspecified atom stereocenters. The molecular formula is C24H21ClN4O3. The average molecular weight is 449 g/mol. The van der Waals surface area contributed by atoms with E-state index in [4.69, 9.17) is 0 Å². The lowest BCUT2D eigenvalue weighted by atomic mass is 9.84. The molecule has 1 amide bonds. The number of non-ortho nitro benzene ring substituents is 1. The number of nitro groups is 1. The normalized spacial score (nSPS) is 20.0. The fraction of sp³-hybridized carbons (Fsp3) is 0.208. The summed E-state index contributed by atoms with van der Waals surface area (Å²) in [5, 5.41) is 18.1. The third kappa shape index (κ3) is 2.97. The fourth-order valence-corrected chi connectivity index (χ4v) is 5.09. The number of carbonyl (C=O) groups is 1. The molecule has 2 bridgehead atoms. The van der Waals surface area contributed by atoms with Gasteiger partial charge in [-0.3, -0.25) is 14.9 Å². The molecule has 3 aromatic carbocycles. The van der Waals surface area contributed by atoms with Crippen molar-refractivity contribution in [1.29, 1.82) is 0 Å². The predicted molar refractivity (Wildman–Crippen MR) is 125 cm³/mol. The first-order valence-electron chi connectivity index (χ1n) is 10.4. The second kappa shape index (κ2) is 7.62. The highest BCUT2D eigenvalue weighted by atomic mass is 35.5. The van der Waals surface area contributed by atoms with Crippen LogP contribution in [0.3, 0.4) is 0 Å². The van der Waals surface area contributed by atoms with Crippen LogP contribution in [0.2, 0.25) is 0 Å². The van der Waals surface area contributed by atoms with Crippen LogP contribution in [0, 0.1) is 10.1 Å². The third-order valence-electron chi connectivity index (χ3n) is 6.59. The Kier molecular flexibility index (Phi) is 4.87. The number of rotatable bonds is 4. The first-order valence-corrected chi connectivity index (χ1v) is 10.4. The highest BCUT2D eigenvalue weighted by Gasteiger charge is 2.57. The highest BCUT2D eigenvalue weighted by Crippen LogP contribution is 2.59. The van der Waals surface area contributed by atoms with Crippen LogP contribution in [-0.2, 0) is 17.8 Å². The fourth-order valence-electron chi connectivity index (χ4n) is 5.09. The lowest BCUT2D eigenvalue weighted by molar-refractivity contribution is -0.384. The molecule has 32 heavy (non-hydrogen) atoms. The molecule has 3 aliphatic heterocycles. The smallest absolute Gasteiger partial charge is 0.269 e. The van der Waals surface area contributed by atoms with Gasteiger partial charge in [0.05, 0.1) is 16.9 Å². The van der Waals surface area contributed by atoms with Gasteiger partial charge in [-0.15, -0.1) is 12.4 Å². The van der Waals surface area contributed by atoms with Gasteiger partial charge in [0.2, 0.25) is 5.91 Å². The van der Waals surface area contributed by atoms with Gasteiger partial charge in [0.25, 0.3) is 5.69 Å². The molecule has 3 aliphatic rings. The van der Waals surface area contributed by atoms with E-state index in [1.54, 1.807) is 17.0 Å². The van der Waals surface area contributed by atoms with Crippen molar-refractivity contribution in [2.45, 2.75) is 24.9 Å². The molecule has 3 aromatic rings. The number of hydrogen-bond acceptors (Lipinski definition) is 5. The molecule has 162 valence electrons. The van der Waals surface area contributed by atoms with Crippen molar-refractivity contribution < 1.29 is 9.72 Å². The Morgan fingerprint density at radius 1 is 1.09 bits per heavy atom. The van der Waals surface area contributed by atoms with Crippen molar-refractivity contribution in [3.8, 4) is 0 Å². The van der Waals surface area contributed by atoms with Crippen molar-refractivity contribution in [2.24, 2.45) is 0 Å². The van der Waals surface area contributed by atoms with Crippen LogP contribution in [-0.4, -0.2) is 17.4 Å². The van der Waals surface area contributed by atoms with E-state index >= 15 is 0 Å². The Hall–Kier alpha value is -3.42. The number of anilines is 3. The van der Waals surface area contributed by atoms with E-state index in [0.717, 1.165) is 47.7 Å². The second-order valence-corrected chi connectivity index (χ2v) is 8.25. The number of halogens is 1. The molecule has 1 fully saturated rings. The zero-order valence-corrected chi connectivity index (χ0v) is 17.9. The van der Waals surface area contributed by atoms with Crippen LogP contribution >= 0.6 is 12.4 Å². The van der Waals surface area contributed by atoms with Gasteiger partial charge in [-0.1, -0.05) is 24.3 Å². The zero-order valence-electron chi connectivity index (χ0n) is 17.1. The quantitative estimate of drug-likeness (QED) is 0.346. The maximum Gasteiger partial charge on any atom is 0.269 e. The maximum atomic E-state index is 12.5. The monoisotopic (exact) mass is 448 g/mol. The molecule has 0 aromatic heterocycles. The average Bonchev–Trinajstić information content (AvgIpc) is 3.29. The van der Waals surface area contributed by atoms with E-state index in [1.165, 1.54) is 17.2 Å². The number of nitrogens with one attached hydrogen (secondary N) is 2. The summed E-state index contributed by atoms with van der Waals surface area (Å²) in [6, 6.07) is 19.1. The molecule has 8 heteroatoms. The summed E-state index contributed by atoms with van der Waals surface area (Å²) >= 11 is 0. The van der Waals surface area contributed by atoms with Gasteiger partial charge in [-0.2, -0.15) is 0 Å². The zero-order chi connectivity index (χ0) is 21.1. The Morgan fingerprint density at radius 3 is 2.69 bits per heavy atom. The van der Waals surface area contributed by atoms with E-state index in [0.29, 0.717) is 0 Å². The van der Waals surface area contributed by atoms with Crippen LogP contribution < -0.4 is 15.5 Å². The summed E-state index contributed by atoms with van der Waals surface area (Å²) in [5.74, 6) is -0.311. The van der Waals surface area contributed by atoms with Crippen molar-refractivity contribution >= 4 is 41.1 Å².